The first-order valence-electron chi connectivity index (χ1n) is 17.4. The number of nitrogens with zero attached hydrogens (tertiary/aromatic N) is 4. The number of pyridine rings is 1. The quantitative estimate of drug-likeness (QED) is 0.178. The SMILES string of the molecule is N#Cc1cc(-c2ccc3sc4cncc(C5=NC(c6ccccc6)=CCC(c6ccccc6)=N5)c4c3c2)cc(-c2cccc3c2sc2ccccc23)c1. The maximum atomic E-state index is 10.2. The number of rotatable bonds is 5. The molecule has 1 aliphatic rings. The summed E-state index contributed by atoms with van der Waals surface area (Å²) in [4.78, 5) is 15.2. The lowest BCUT2D eigenvalue weighted by molar-refractivity contribution is 1.35. The van der Waals surface area contributed by atoms with Gasteiger partial charge in [-0.2, -0.15) is 5.26 Å². The predicted molar refractivity (Wildman–Crippen MR) is 224 cm³/mol. The number of thiophene rings is 2. The van der Waals surface area contributed by atoms with Gasteiger partial charge in [-0.3, -0.25) is 4.98 Å². The van der Waals surface area contributed by atoms with Crippen molar-refractivity contribution in [2.24, 2.45) is 9.98 Å². The fraction of sp³-hybridized carbons (Fsp3) is 0.0213. The lowest BCUT2D eigenvalue weighted by Gasteiger charge is -2.10. The molecule has 6 aromatic carbocycles. The fourth-order valence-corrected chi connectivity index (χ4v) is 9.66. The molecular weight excluding hydrogens is 685 g/mol. The molecule has 4 nitrogen and oxygen atoms in total. The molecule has 0 atom stereocenters. The van der Waals surface area contributed by atoms with Crippen LogP contribution in [0.15, 0.2) is 168 Å². The van der Waals surface area contributed by atoms with E-state index in [1.165, 1.54) is 20.2 Å². The molecule has 10 rings (SSSR count). The molecule has 0 N–H and O–H groups in total. The van der Waals surface area contributed by atoms with Crippen LogP contribution in [0.5, 0.6) is 0 Å². The molecule has 4 heterocycles. The Bertz CT molecular complexity index is 3030. The van der Waals surface area contributed by atoms with E-state index >= 15 is 0 Å². The van der Waals surface area contributed by atoms with Gasteiger partial charge in [0.15, 0.2) is 5.84 Å². The lowest BCUT2D eigenvalue weighted by atomic mass is 9.94. The van der Waals surface area contributed by atoms with Crippen molar-refractivity contribution >= 4 is 80.3 Å². The molecule has 3 aromatic heterocycles. The van der Waals surface area contributed by atoms with Crippen molar-refractivity contribution in [1.82, 2.24) is 4.98 Å². The second kappa shape index (κ2) is 12.9. The highest BCUT2D eigenvalue weighted by atomic mass is 32.1. The third kappa shape index (κ3) is 5.55. The minimum Gasteiger partial charge on any atom is -0.262 e. The van der Waals surface area contributed by atoms with E-state index in [1.54, 1.807) is 22.7 Å². The van der Waals surface area contributed by atoms with Gasteiger partial charge in [-0.25, -0.2) is 9.98 Å². The average molecular weight is 713 g/mol. The smallest absolute Gasteiger partial charge is 0.162 e. The third-order valence-corrected chi connectivity index (χ3v) is 12.2. The Balaban J connectivity index is 1.15. The van der Waals surface area contributed by atoms with Gasteiger partial charge in [0, 0.05) is 60.0 Å². The van der Waals surface area contributed by atoms with Crippen molar-refractivity contribution in [3.63, 3.8) is 0 Å². The molecule has 53 heavy (non-hydrogen) atoms. The molecule has 0 amide bonds. The van der Waals surface area contributed by atoms with E-state index in [9.17, 15) is 5.26 Å². The Morgan fingerprint density at radius 2 is 1.28 bits per heavy atom. The Labute approximate surface area is 314 Å². The fourth-order valence-electron chi connectivity index (χ4n) is 7.34. The van der Waals surface area contributed by atoms with Crippen LogP contribution in [0, 0.1) is 11.3 Å². The predicted octanol–water partition coefficient (Wildman–Crippen LogP) is 12.7. The minimum atomic E-state index is 0.631. The van der Waals surface area contributed by atoms with Crippen LogP contribution in [-0.4, -0.2) is 16.5 Å². The molecular formula is C47H28N4S2. The number of hydrogen-bond donors (Lipinski definition) is 0. The molecule has 6 heteroatoms. The molecule has 0 saturated heterocycles. The first-order chi connectivity index (χ1) is 26.2. The summed E-state index contributed by atoms with van der Waals surface area (Å²) >= 11 is 3.53. The highest BCUT2D eigenvalue weighted by Gasteiger charge is 2.20. The maximum absolute atomic E-state index is 10.2. The van der Waals surface area contributed by atoms with Crippen LogP contribution >= 0.6 is 22.7 Å². The number of amidine groups is 1. The van der Waals surface area contributed by atoms with Crippen molar-refractivity contribution in [2.45, 2.75) is 6.42 Å². The van der Waals surface area contributed by atoms with E-state index in [0.29, 0.717) is 17.8 Å². The van der Waals surface area contributed by atoms with Gasteiger partial charge in [-0.05, 0) is 69.8 Å². The standard InChI is InChI=1S/C47H28N4S2/c48-26-29-22-33(24-34(23-29)35-15-9-16-37-36-14-7-8-17-42(36)53-46(35)37)32-18-21-43-38(25-32)45-39(27-49-28-44(45)52-43)47-50-40(30-10-3-1-4-11-30)19-20-41(51-47)31-12-5-2-6-13-31/h1-19,21-25,27-28H,20H2. The summed E-state index contributed by atoms with van der Waals surface area (Å²) in [5.41, 5.74) is 9.71. The van der Waals surface area contributed by atoms with Crippen molar-refractivity contribution < 1.29 is 0 Å². The summed E-state index contributed by atoms with van der Waals surface area (Å²) in [6.07, 6.45) is 6.67. The van der Waals surface area contributed by atoms with Crippen LogP contribution in [0.1, 0.15) is 28.7 Å². The van der Waals surface area contributed by atoms with Gasteiger partial charge in [0.05, 0.1) is 27.7 Å². The van der Waals surface area contributed by atoms with Crippen LogP contribution in [-0.2, 0) is 0 Å². The van der Waals surface area contributed by atoms with Gasteiger partial charge in [0.2, 0.25) is 0 Å². The summed E-state index contributed by atoms with van der Waals surface area (Å²) in [6.45, 7) is 0. The molecule has 248 valence electrons. The van der Waals surface area contributed by atoms with Gasteiger partial charge >= 0.3 is 0 Å². The number of aliphatic imine (C=N–C) groups is 2. The highest BCUT2D eigenvalue weighted by molar-refractivity contribution is 7.26. The van der Waals surface area contributed by atoms with Crippen LogP contribution in [0.2, 0.25) is 0 Å². The highest BCUT2D eigenvalue weighted by Crippen LogP contribution is 2.42. The molecule has 0 bridgehead atoms. The number of fused-ring (bicyclic) bond motifs is 6. The van der Waals surface area contributed by atoms with Crippen molar-refractivity contribution in [2.75, 3.05) is 0 Å². The zero-order chi connectivity index (χ0) is 35.3. The monoisotopic (exact) mass is 712 g/mol. The van der Waals surface area contributed by atoms with Crippen molar-refractivity contribution in [3.8, 4) is 28.3 Å². The molecule has 0 fully saturated rings. The van der Waals surface area contributed by atoms with Crippen LogP contribution in [0.25, 0.3) is 68.3 Å². The zero-order valence-corrected chi connectivity index (χ0v) is 30.0. The normalized spacial score (nSPS) is 13.2. The molecule has 0 aliphatic carbocycles. The average Bonchev–Trinajstić information content (AvgIpc) is 3.71. The van der Waals surface area contributed by atoms with Gasteiger partial charge in [-0.15, -0.1) is 22.7 Å². The molecule has 9 aromatic rings. The Kier molecular flexibility index (Phi) is 7.61. The van der Waals surface area contributed by atoms with Crippen molar-refractivity contribution in [1.29, 1.82) is 5.26 Å². The molecule has 0 saturated carbocycles. The molecule has 1 aliphatic heterocycles. The number of benzene rings is 6. The molecule has 0 radical (unpaired) electrons. The largest absolute Gasteiger partial charge is 0.262 e. The van der Waals surface area contributed by atoms with E-state index in [-0.39, 0.29) is 0 Å². The topological polar surface area (TPSA) is 61.4 Å². The van der Waals surface area contributed by atoms with Crippen LogP contribution in [0.3, 0.4) is 0 Å². The Morgan fingerprint density at radius 3 is 2.13 bits per heavy atom. The van der Waals surface area contributed by atoms with Crippen LogP contribution in [0.4, 0.5) is 0 Å². The number of nitriles is 1. The summed E-state index contributed by atoms with van der Waals surface area (Å²) in [5.74, 6) is 0.643. The van der Waals surface area contributed by atoms with Gasteiger partial charge in [0.1, 0.15) is 0 Å². The van der Waals surface area contributed by atoms with E-state index in [2.05, 4.69) is 103 Å². The van der Waals surface area contributed by atoms with Gasteiger partial charge in [0.25, 0.3) is 0 Å². The van der Waals surface area contributed by atoms with E-state index < -0.39 is 0 Å². The Hall–Kier alpha value is -6.52. The second-order valence-electron chi connectivity index (χ2n) is 13.1. The lowest BCUT2D eigenvalue weighted by Crippen LogP contribution is -2.05. The van der Waals surface area contributed by atoms with Crippen molar-refractivity contribution in [3.05, 3.63) is 180 Å². The van der Waals surface area contributed by atoms with Gasteiger partial charge in [-0.1, -0.05) is 109 Å². The zero-order valence-electron chi connectivity index (χ0n) is 28.3. The first kappa shape index (κ1) is 31.2. The minimum absolute atomic E-state index is 0.631. The Morgan fingerprint density at radius 1 is 0.528 bits per heavy atom. The van der Waals surface area contributed by atoms with E-state index in [4.69, 9.17) is 15.0 Å². The first-order valence-corrected chi connectivity index (χ1v) is 19.1. The molecule has 0 spiro atoms. The van der Waals surface area contributed by atoms with E-state index in [0.717, 1.165) is 70.5 Å². The van der Waals surface area contributed by atoms with Crippen LogP contribution < -0.4 is 0 Å². The summed E-state index contributed by atoms with van der Waals surface area (Å²) in [5, 5.41) is 14.9. The molecule has 0 unspecified atom stereocenters. The number of allylic oxidation sites excluding steroid dienone is 1. The van der Waals surface area contributed by atoms with Gasteiger partial charge < -0.3 is 0 Å². The summed E-state index contributed by atoms with van der Waals surface area (Å²) in [6, 6.07) is 50.9. The number of hydrogen-bond acceptors (Lipinski definition) is 6. The summed E-state index contributed by atoms with van der Waals surface area (Å²) in [7, 11) is 0. The number of aromatic nitrogens is 1. The van der Waals surface area contributed by atoms with E-state index in [1.807, 2.05) is 60.9 Å². The second-order valence-corrected chi connectivity index (χ2v) is 15.2. The maximum Gasteiger partial charge on any atom is 0.162 e. The third-order valence-electron chi connectivity index (χ3n) is 9.86. The summed E-state index contributed by atoms with van der Waals surface area (Å²) < 4.78 is 4.72.